The highest BCUT2D eigenvalue weighted by atomic mass is 28.4. The van der Waals surface area contributed by atoms with Crippen LogP contribution in [0.15, 0.2) is 75.3 Å². The summed E-state index contributed by atoms with van der Waals surface area (Å²) in [6.45, 7) is 21.6. The Bertz CT molecular complexity index is 1560. The lowest BCUT2D eigenvalue weighted by atomic mass is 10.0. The molecule has 2 N–H and O–H groups in total. The number of nitrogens with zero attached hydrogens (tertiary/aromatic N) is 2. The predicted octanol–water partition coefficient (Wildman–Crippen LogP) is 10.7. The number of nitrogens with one attached hydrogen (secondary N) is 1. The van der Waals surface area contributed by atoms with Crippen LogP contribution in [-0.4, -0.2) is 53.6 Å². The number of rotatable bonds is 20. The number of carbonyl (C=O) groups is 1. The molecule has 0 aromatic carbocycles. The lowest BCUT2D eigenvalue weighted by Crippen LogP contribution is -2.52. The van der Waals surface area contributed by atoms with Gasteiger partial charge in [-0.15, -0.1) is 0 Å². The van der Waals surface area contributed by atoms with Gasteiger partial charge in [0.2, 0.25) is 12.1 Å². The third-order valence-electron chi connectivity index (χ3n) is 10.2. The van der Waals surface area contributed by atoms with Crippen molar-refractivity contribution < 1.29 is 27.8 Å². The topological polar surface area (TPSA) is 103 Å². The van der Waals surface area contributed by atoms with Crippen LogP contribution in [0.4, 0.5) is 14.6 Å². The van der Waals surface area contributed by atoms with Crippen molar-refractivity contribution >= 4 is 20.0 Å². The molecule has 3 atom stereocenters. The van der Waals surface area contributed by atoms with Gasteiger partial charge in [-0.25, -0.2) is 4.79 Å². The first kappa shape index (κ1) is 46.2. The van der Waals surface area contributed by atoms with Gasteiger partial charge in [-0.3, -0.25) is 9.36 Å². The molecular weight excluding hydrogens is 693 g/mol. The van der Waals surface area contributed by atoms with Gasteiger partial charge in [0.05, 0.1) is 6.61 Å². The maximum absolute atomic E-state index is 15.7. The summed E-state index contributed by atoms with van der Waals surface area (Å²) in [5.41, 5.74) is 5.71. The highest BCUT2D eigenvalue weighted by Crippen LogP contribution is 2.47. The smallest absolute Gasteiger partial charge is 0.351 e. The van der Waals surface area contributed by atoms with Crippen molar-refractivity contribution in [1.29, 1.82) is 0 Å². The minimum Gasteiger partial charge on any atom is -0.405 e. The number of carbonyl (C=O) groups excluding carboxylic acids is 1. The molecule has 0 spiro atoms. The maximum atomic E-state index is 15.7. The number of ether oxygens (including phenoxy) is 1. The number of allylic oxidation sites excluding steroid dienone is 10. The number of amides is 1. The lowest BCUT2D eigenvalue weighted by molar-refractivity contribution is -0.138. The lowest BCUT2D eigenvalue weighted by Gasteiger charge is -2.40. The van der Waals surface area contributed by atoms with E-state index in [9.17, 15) is 14.7 Å². The van der Waals surface area contributed by atoms with Crippen molar-refractivity contribution in [1.82, 2.24) is 9.55 Å². The van der Waals surface area contributed by atoms with Crippen molar-refractivity contribution in [2.75, 3.05) is 11.9 Å². The molecule has 53 heavy (non-hydrogen) atoms. The van der Waals surface area contributed by atoms with Crippen molar-refractivity contribution in [3.8, 4) is 0 Å². The summed E-state index contributed by atoms with van der Waals surface area (Å²) in [5, 5.41) is 12.1. The Balaban J connectivity index is 1.81. The monoisotopic (exact) mass is 759 g/mol. The van der Waals surface area contributed by atoms with Crippen LogP contribution in [0.2, 0.25) is 18.1 Å². The van der Waals surface area contributed by atoms with E-state index in [0.29, 0.717) is 11.0 Å². The second-order valence-electron chi connectivity index (χ2n) is 16.4. The van der Waals surface area contributed by atoms with Gasteiger partial charge in [0.15, 0.2) is 8.32 Å². The summed E-state index contributed by atoms with van der Waals surface area (Å²) in [4.78, 5) is 29.3. The van der Waals surface area contributed by atoms with Crippen LogP contribution < -0.4 is 11.0 Å². The highest BCUT2D eigenvalue weighted by Gasteiger charge is 2.62. The van der Waals surface area contributed by atoms with Gasteiger partial charge in [-0.2, -0.15) is 13.8 Å². The van der Waals surface area contributed by atoms with E-state index in [1.807, 2.05) is 40.8 Å². The van der Waals surface area contributed by atoms with Crippen LogP contribution in [0.1, 0.15) is 133 Å². The van der Waals surface area contributed by atoms with E-state index < -0.39 is 45.0 Å². The molecule has 298 valence electrons. The van der Waals surface area contributed by atoms with Crippen molar-refractivity contribution in [3.63, 3.8) is 0 Å². The molecule has 0 bridgehead atoms. The first-order valence-electron chi connectivity index (χ1n) is 19.1. The number of aromatic nitrogens is 2. The van der Waals surface area contributed by atoms with E-state index in [1.165, 1.54) is 28.4 Å². The fourth-order valence-corrected chi connectivity index (χ4v) is 6.98. The summed E-state index contributed by atoms with van der Waals surface area (Å²) >= 11 is 0. The zero-order chi connectivity index (χ0) is 40.0. The number of aliphatic hydroxyl groups excluding tert-OH is 1. The Morgan fingerprint density at radius 2 is 1.38 bits per heavy atom. The number of alkyl halides is 2. The SMILES string of the molecule is CC(C)=CCC/C(C)=C/CC/C(C)=C/CC/C=C(\C)CC/C=C(\C)CCC(=O)Nc1ccn([C@@H]2O[C@H](CO)[C@@H](O[Si](C)(C)C(C)(C)C)C2(F)F)c(=O)n1. The fraction of sp³-hybridized carbons (Fsp3) is 0.643. The number of hydrogen-bond donors (Lipinski definition) is 2. The fourth-order valence-electron chi connectivity index (χ4n) is 5.68. The van der Waals surface area contributed by atoms with Gasteiger partial charge in [0.25, 0.3) is 0 Å². The molecular formula is C42H67F2N3O5Si. The quantitative estimate of drug-likeness (QED) is 0.0780. The summed E-state index contributed by atoms with van der Waals surface area (Å²) in [6, 6.07) is 1.29. The van der Waals surface area contributed by atoms with Crippen molar-refractivity contribution in [2.45, 2.75) is 169 Å². The van der Waals surface area contributed by atoms with Gasteiger partial charge in [-0.05, 0) is 124 Å². The Morgan fingerprint density at radius 3 is 1.85 bits per heavy atom. The first-order valence-corrected chi connectivity index (χ1v) is 22.1. The highest BCUT2D eigenvalue weighted by molar-refractivity contribution is 6.74. The largest absolute Gasteiger partial charge is 0.405 e. The normalized spacial score (nSPS) is 20.2. The van der Waals surface area contributed by atoms with Crippen LogP contribution in [0.5, 0.6) is 0 Å². The molecule has 2 rings (SSSR count). The average Bonchev–Trinajstić information content (AvgIpc) is 3.29. The molecule has 0 aliphatic carbocycles. The van der Waals surface area contributed by atoms with Gasteiger partial charge in [0.1, 0.15) is 18.0 Å². The Hall–Kier alpha value is -2.99. The molecule has 1 aliphatic heterocycles. The van der Waals surface area contributed by atoms with Crippen molar-refractivity contribution in [2.24, 2.45) is 0 Å². The van der Waals surface area contributed by atoms with E-state index in [1.54, 1.807) is 0 Å². The molecule has 0 saturated carbocycles. The van der Waals surface area contributed by atoms with Crippen LogP contribution in [0.25, 0.3) is 0 Å². The standard InChI is InChI=1S/C42H67F2N3O5Si/c1-30(2)17-14-20-33(5)23-15-21-31(3)18-12-13-19-32(4)22-16-24-34(6)25-26-37(49)45-36-27-28-47(40(50)46-36)39-42(43,44)38(35(29-48)51-39)52-53(10,11)41(7,8)9/h17-19,23-24,27-28,35,38-39,48H,12-16,20-22,25-26,29H2,1-11H3,(H,45,46,49,50)/b31-18+,32-19+,33-23+,34-24+/t35-,38-,39-/m1/s1. The molecule has 8 nitrogen and oxygen atoms in total. The van der Waals surface area contributed by atoms with Gasteiger partial charge in [-0.1, -0.05) is 79.0 Å². The minimum atomic E-state index is -3.62. The first-order chi connectivity index (χ1) is 24.7. The van der Waals surface area contributed by atoms with E-state index in [0.717, 1.165) is 63.1 Å². The molecule has 0 radical (unpaired) electrons. The molecule has 1 fully saturated rings. The number of halogens is 2. The number of aliphatic hydroxyl groups is 1. The third kappa shape index (κ3) is 15.3. The predicted molar refractivity (Wildman–Crippen MR) is 216 cm³/mol. The van der Waals surface area contributed by atoms with E-state index >= 15 is 8.78 Å². The molecule has 0 unspecified atom stereocenters. The van der Waals surface area contributed by atoms with Gasteiger partial charge in [0, 0.05) is 12.6 Å². The minimum absolute atomic E-state index is 0.0320. The average molecular weight is 760 g/mol. The molecule has 11 heteroatoms. The van der Waals surface area contributed by atoms with Gasteiger partial charge >= 0.3 is 11.6 Å². The Labute approximate surface area is 318 Å². The second kappa shape index (κ2) is 21.2. The second-order valence-corrected chi connectivity index (χ2v) is 21.2. The van der Waals surface area contributed by atoms with Crippen molar-refractivity contribution in [3.05, 3.63) is 81.0 Å². The molecule has 1 aliphatic rings. The zero-order valence-electron chi connectivity index (χ0n) is 34.3. The Morgan fingerprint density at radius 1 is 0.887 bits per heavy atom. The van der Waals surface area contributed by atoms with E-state index in [2.05, 4.69) is 75.3 Å². The summed E-state index contributed by atoms with van der Waals surface area (Å²) < 4.78 is 43.5. The molecule has 2 heterocycles. The van der Waals surface area contributed by atoms with Crippen LogP contribution in [0, 0.1) is 0 Å². The Kier molecular flexibility index (Phi) is 18.5. The molecule has 1 aromatic heterocycles. The molecule has 1 aromatic rings. The third-order valence-corrected chi connectivity index (χ3v) is 14.6. The summed E-state index contributed by atoms with van der Waals surface area (Å²) in [6.07, 6.45) is 16.6. The number of hydrogen-bond acceptors (Lipinski definition) is 6. The molecule has 1 amide bonds. The maximum Gasteiger partial charge on any atom is 0.351 e. The van der Waals surface area contributed by atoms with E-state index in [4.69, 9.17) is 9.16 Å². The van der Waals surface area contributed by atoms with Crippen LogP contribution >= 0.6 is 0 Å². The zero-order valence-corrected chi connectivity index (χ0v) is 35.3. The van der Waals surface area contributed by atoms with Gasteiger partial charge < -0.3 is 19.6 Å². The molecule has 1 saturated heterocycles. The van der Waals surface area contributed by atoms with Crippen LogP contribution in [0.3, 0.4) is 0 Å². The number of anilines is 1. The summed E-state index contributed by atoms with van der Waals surface area (Å²) in [7, 11) is -2.67. The summed E-state index contributed by atoms with van der Waals surface area (Å²) in [5.74, 6) is -3.98. The van der Waals surface area contributed by atoms with E-state index in [-0.39, 0.29) is 23.2 Å². The number of unbranched alkanes of at least 4 members (excludes halogenated alkanes) is 1. The van der Waals surface area contributed by atoms with Crippen LogP contribution in [-0.2, 0) is 14.0 Å².